The van der Waals surface area contributed by atoms with E-state index >= 15 is 0 Å². The van der Waals surface area contributed by atoms with Crippen molar-refractivity contribution in [3.63, 3.8) is 0 Å². The van der Waals surface area contributed by atoms with E-state index in [1.165, 1.54) is 19.1 Å². The van der Waals surface area contributed by atoms with Gasteiger partial charge in [0.05, 0.1) is 4.90 Å². The molecule has 4 heteroatoms. The van der Waals surface area contributed by atoms with E-state index < -0.39 is 9.63 Å². The fourth-order valence-electron chi connectivity index (χ4n) is 1.04. The summed E-state index contributed by atoms with van der Waals surface area (Å²) >= 11 is 0. The van der Waals surface area contributed by atoms with Crippen LogP contribution in [0.1, 0.15) is 12.5 Å². The average Bonchev–Trinajstić information content (AvgIpc) is 2.04. The minimum absolute atomic E-state index is 0.0968. The smallest absolute Gasteiger partial charge is 0.109 e. The van der Waals surface area contributed by atoms with Crippen LogP contribution >= 0.6 is 0 Å². The van der Waals surface area contributed by atoms with Crippen LogP contribution in [0.2, 0.25) is 0 Å². The summed E-state index contributed by atoms with van der Waals surface area (Å²) < 4.78 is 30.6. The molecule has 0 aromatic heterocycles. The highest BCUT2D eigenvalue weighted by Crippen LogP contribution is 2.28. The highest BCUT2D eigenvalue weighted by atomic mass is 32.3. The summed E-state index contributed by atoms with van der Waals surface area (Å²) in [5.41, 5.74) is 0.855. The molecule has 13 heavy (non-hydrogen) atoms. The zero-order chi connectivity index (χ0) is 10.1. The predicted molar refractivity (Wildman–Crippen MR) is 53.4 cm³/mol. The Balaban J connectivity index is 3.31. The van der Waals surface area contributed by atoms with E-state index in [0.29, 0.717) is 0 Å². The number of aryl methyl sites for hydroxylation is 1. The van der Waals surface area contributed by atoms with Gasteiger partial charge in [-0.15, -0.1) is 0 Å². The summed E-state index contributed by atoms with van der Waals surface area (Å²) in [6, 6.07) is 6.45. The highest BCUT2D eigenvalue weighted by molar-refractivity contribution is 8.10. The predicted octanol–water partition coefficient (Wildman–Crippen LogP) is 2.14. The molecule has 3 nitrogen and oxygen atoms in total. The third kappa shape index (κ3) is 2.15. The van der Waals surface area contributed by atoms with Gasteiger partial charge in [0, 0.05) is 5.75 Å². The fraction of sp³-hybridized carbons (Fsp3) is 0.333. The van der Waals surface area contributed by atoms with Gasteiger partial charge in [0.1, 0.15) is 9.63 Å². The van der Waals surface area contributed by atoms with Gasteiger partial charge in [0.25, 0.3) is 0 Å². The average molecular weight is 202 g/mol. The number of rotatable bonds is 2. The first-order chi connectivity index (χ1) is 5.83. The van der Waals surface area contributed by atoms with Crippen molar-refractivity contribution in [2.75, 3.05) is 5.75 Å². The van der Waals surface area contributed by atoms with Crippen molar-refractivity contribution in [1.82, 2.24) is 0 Å². The first-order valence-corrected chi connectivity index (χ1v) is 6.10. The molecular formula is C9H14O3S. The summed E-state index contributed by atoms with van der Waals surface area (Å²) in [5.74, 6) is -0.180. The number of benzene rings is 1. The molecule has 0 fully saturated rings. The van der Waals surface area contributed by atoms with E-state index in [0.717, 1.165) is 5.56 Å². The maximum absolute atomic E-state index is 11.6. The summed E-state index contributed by atoms with van der Waals surface area (Å²) in [5, 5.41) is 0. The third-order valence-corrected chi connectivity index (χ3v) is 4.23. The molecule has 1 aromatic rings. The molecule has 2 N–H and O–H groups in total. The lowest BCUT2D eigenvalue weighted by molar-refractivity contribution is 0.391. The van der Waals surface area contributed by atoms with Gasteiger partial charge in [-0.1, -0.05) is 19.1 Å². The quantitative estimate of drug-likeness (QED) is 0.772. The number of hydrogen-bond acceptors (Lipinski definition) is 1. The van der Waals surface area contributed by atoms with Gasteiger partial charge in [-0.2, -0.15) is 0 Å². The normalized spacial score (nSPS) is 14.9. The molecule has 0 heterocycles. The Morgan fingerprint density at radius 3 is 2.46 bits per heavy atom. The van der Waals surface area contributed by atoms with Gasteiger partial charge in [0.2, 0.25) is 0 Å². The summed E-state index contributed by atoms with van der Waals surface area (Å²) in [6.45, 7) is 3.29. The lowest BCUT2D eigenvalue weighted by atomic mass is 10.2. The van der Waals surface area contributed by atoms with E-state index in [4.69, 9.17) is 0 Å². The summed E-state index contributed by atoms with van der Waals surface area (Å²) in [4.78, 5) is 0.0968. The van der Waals surface area contributed by atoms with Gasteiger partial charge in [-0.05, 0) is 24.6 Å². The fourth-order valence-corrected chi connectivity index (χ4v) is 2.15. The van der Waals surface area contributed by atoms with Crippen LogP contribution in [0.5, 0.6) is 0 Å². The highest BCUT2D eigenvalue weighted by Gasteiger charge is 2.29. The van der Waals surface area contributed by atoms with Crippen LogP contribution in [0, 0.1) is 6.92 Å². The lowest BCUT2D eigenvalue weighted by Crippen LogP contribution is -2.33. The van der Waals surface area contributed by atoms with Crippen LogP contribution in [-0.4, -0.2) is 19.1 Å². The standard InChI is InChI=1S/C9H14O3S/c1-3-13(10,11,12)9-6-4-5-8(2)7-9/h4-7H,3H2,1-2H3,(H2,10,11,12). The Labute approximate surface area is 77.8 Å². The molecule has 0 unspecified atom stereocenters. The molecule has 0 saturated heterocycles. The van der Waals surface area contributed by atoms with Gasteiger partial charge in [0.15, 0.2) is 0 Å². The summed E-state index contributed by atoms with van der Waals surface area (Å²) in [7, 11) is -4.55. The van der Waals surface area contributed by atoms with Gasteiger partial charge in [-0.25, -0.2) is 4.21 Å². The van der Waals surface area contributed by atoms with Crippen molar-refractivity contribution in [2.45, 2.75) is 18.7 Å². The molecule has 0 bridgehead atoms. The molecule has 0 amide bonds. The minimum atomic E-state index is -4.55. The van der Waals surface area contributed by atoms with Crippen molar-refractivity contribution in [3.05, 3.63) is 29.8 Å². The Hall–Kier alpha value is -0.710. The van der Waals surface area contributed by atoms with E-state index in [1.54, 1.807) is 6.07 Å². The van der Waals surface area contributed by atoms with Crippen LogP contribution in [-0.2, 0) is 9.63 Å². The molecule has 1 aromatic carbocycles. The van der Waals surface area contributed by atoms with Crippen LogP contribution < -0.4 is 0 Å². The van der Waals surface area contributed by atoms with E-state index in [1.807, 2.05) is 13.0 Å². The third-order valence-electron chi connectivity index (χ3n) is 1.98. The SMILES string of the molecule is CCS(=O)(O)(O)c1cccc(C)c1. The van der Waals surface area contributed by atoms with Crippen LogP contribution in [0.3, 0.4) is 0 Å². The zero-order valence-corrected chi connectivity index (χ0v) is 8.54. The maximum atomic E-state index is 11.6. The Bertz CT molecular complexity index is 378. The second-order valence-corrected chi connectivity index (χ2v) is 6.20. The maximum Gasteiger partial charge on any atom is 0.109 e. The molecular weight excluding hydrogens is 188 g/mol. The van der Waals surface area contributed by atoms with Gasteiger partial charge in [-0.3, -0.25) is 0 Å². The van der Waals surface area contributed by atoms with Gasteiger partial charge >= 0.3 is 0 Å². The Morgan fingerprint density at radius 2 is 2.00 bits per heavy atom. The van der Waals surface area contributed by atoms with Crippen LogP contribution in [0.15, 0.2) is 29.2 Å². The summed E-state index contributed by atoms with van der Waals surface area (Å²) in [6.07, 6.45) is 0. The molecule has 74 valence electrons. The monoisotopic (exact) mass is 202 g/mol. The molecule has 0 aliphatic heterocycles. The van der Waals surface area contributed by atoms with Crippen LogP contribution in [0.25, 0.3) is 0 Å². The first-order valence-electron chi connectivity index (χ1n) is 4.05. The van der Waals surface area contributed by atoms with Gasteiger partial charge < -0.3 is 9.11 Å². The molecule has 0 aliphatic carbocycles. The first kappa shape index (κ1) is 10.4. The zero-order valence-electron chi connectivity index (χ0n) is 7.73. The van der Waals surface area contributed by atoms with Crippen molar-refractivity contribution >= 4 is 9.63 Å². The molecule has 0 radical (unpaired) electrons. The van der Waals surface area contributed by atoms with Crippen LogP contribution in [0.4, 0.5) is 0 Å². The van der Waals surface area contributed by atoms with Crippen molar-refractivity contribution in [2.24, 2.45) is 0 Å². The Kier molecular flexibility index (Phi) is 2.32. The topological polar surface area (TPSA) is 57.5 Å². The molecule has 0 aliphatic rings. The van der Waals surface area contributed by atoms with E-state index in [9.17, 15) is 13.3 Å². The largest absolute Gasteiger partial charge is 0.304 e. The molecule has 0 spiro atoms. The second kappa shape index (κ2) is 2.90. The molecule has 0 saturated carbocycles. The molecule has 1 rings (SSSR count). The minimum Gasteiger partial charge on any atom is -0.304 e. The van der Waals surface area contributed by atoms with Crippen molar-refractivity contribution < 1.29 is 13.3 Å². The molecule has 0 atom stereocenters. The second-order valence-electron chi connectivity index (χ2n) is 3.12. The Morgan fingerprint density at radius 1 is 1.38 bits per heavy atom. The van der Waals surface area contributed by atoms with Crippen molar-refractivity contribution in [3.8, 4) is 0 Å². The number of hydrogen-bond donors (Lipinski definition) is 2. The lowest BCUT2D eigenvalue weighted by Gasteiger charge is -2.29. The van der Waals surface area contributed by atoms with E-state index in [2.05, 4.69) is 0 Å². The van der Waals surface area contributed by atoms with E-state index in [-0.39, 0.29) is 10.6 Å². The van der Waals surface area contributed by atoms with Crippen molar-refractivity contribution in [1.29, 1.82) is 0 Å².